The fourth-order valence-corrected chi connectivity index (χ4v) is 5.50. The van der Waals surface area contributed by atoms with Gasteiger partial charge in [-0.1, -0.05) is 30.3 Å². The molecule has 5 aromatic rings. The maximum atomic E-state index is 13.0. The number of halogens is 3. The predicted molar refractivity (Wildman–Crippen MR) is 134 cm³/mol. The molecule has 5 rings (SSSR count). The number of hydrogen-bond acceptors (Lipinski definition) is 4. The van der Waals surface area contributed by atoms with Crippen LogP contribution in [0.5, 0.6) is 0 Å². The lowest BCUT2D eigenvalue weighted by Gasteiger charge is -2.11. The zero-order chi connectivity index (χ0) is 24.6. The van der Waals surface area contributed by atoms with Crippen LogP contribution in [0, 0.1) is 0 Å². The van der Waals surface area contributed by atoms with Crippen LogP contribution < -0.4 is 4.72 Å². The Morgan fingerprint density at radius 2 is 1.74 bits per heavy atom. The third kappa shape index (κ3) is 4.65. The number of fused-ring (bicyclic) bond motifs is 1. The lowest BCUT2D eigenvalue weighted by molar-refractivity contribution is -0.137. The smallest absolute Gasteiger partial charge is 0.416 e. The van der Waals surface area contributed by atoms with Gasteiger partial charge in [0.25, 0.3) is 0 Å². The standard InChI is InChI=1S/C26H17F3N2O2S2/c27-26(28,29)17-9-7-16(8-10-17)20-5-2-6-22-21(20)11-13-31(22)19-4-1-3-18(15-19)30-35-23-12-14-34-24(23)25(32)33/h1-15,30H,(H,32,33). The van der Waals surface area contributed by atoms with Gasteiger partial charge >= 0.3 is 12.1 Å². The topological polar surface area (TPSA) is 54.3 Å². The van der Waals surface area contributed by atoms with Gasteiger partial charge in [-0.25, -0.2) is 4.79 Å². The van der Waals surface area contributed by atoms with Crippen molar-refractivity contribution in [2.75, 3.05) is 4.72 Å². The average molecular weight is 511 g/mol. The van der Waals surface area contributed by atoms with Crippen molar-refractivity contribution in [3.63, 3.8) is 0 Å². The first kappa shape index (κ1) is 23.1. The Labute approximate surface area is 206 Å². The molecule has 35 heavy (non-hydrogen) atoms. The number of aromatic nitrogens is 1. The second-order valence-corrected chi connectivity index (χ2v) is 9.44. The van der Waals surface area contributed by atoms with Crippen LogP contribution in [0.2, 0.25) is 0 Å². The summed E-state index contributed by atoms with van der Waals surface area (Å²) in [6, 6.07) is 22.3. The SMILES string of the molecule is O=C(O)c1sccc1SNc1cccc(-n2ccc3c(-c4ccc(C(F)(F)F)cc4)cccc32)c1. The van der Waals surface area contributed by atoms with E-state index < -0.39 is 17.7 Å². The molecular formula is C26H17F3N2O2S2. The van der Waals surface area contributed by atoms with Crippen molar-refractivity contribution in [2.45, 2.75) is 11.1 Å². The van der Waals surface area contributed by atoms with Crippen molar-refractivity contribution in [1.29, 1.82) is 0 Å². The molecule has 0 spiro atoms. The number of thiophene rings is 1. The van der Waals surface area contributed by atoms with E-state index in [1.807, 2.05) is 59.3 Å². The van der Waals surface area contributed by atoms with Crippen LogP contribution in [0.1, 0.15) is 15.2 Å². The van der Waals surface area contributed by atoms with E-state index in [4.69, 9.17) is 0 Å². The minimum absolute atomic E-state index is 0.283. The fraction of sp³-hybridized carbons (Fsp3) is 0.0385. The van der Waals surface area contributed by atoms with Crippen LogP contribution in [0.3, 0.4) is 0 Å². The van der Waals surface area contributed by atoms with Gasteiger partial charge in [0.05, 0.1) is 16.0 Å². The van der Waals surface area contributed by atoms with Crippen molar-refractivity contribution >= 4 is 45.8 Å². The van der Waals surface area contributed by atoms with Gasteiger partial charge in [0.2, 0.25) is 0 Å². The average Bonchev–Trinajstić information content (AvgIpc) is 3.50. The molecule has 0 aliphatic carbocycles. The predicted octanol–water partition coefficient (Wildman–Crippen LogP) is 8.20. The third-order valence-corrected chi connectivity index (χ3v) is 7.41. The van der Waals surface area contributed by atoms with Crippen molar-refractivity contribution in [1.82, 2.24) is 4.57 Å². The Hall–Kier alpha value is -3.69. The van der Waals surface area contributed by atoms with E-state index in [1.54, 1.807) is 11.4 Å². The zero-order valence-electron chi connectivity index (χ0n) is 17.9. The second kappa shape index (κ2) is 9.16. The number of carboxylic acid groups (broad SMARTS) is 1. The zero-order valence-corrected chi connectivity index (χ0v) is 19.5. The number of nitrogens with zero attached hydrogens (tertiary/aromatic N) is 1. The largest absolute Gasteiger partial charge is 0.477 e. The van der Waals surface area contributed by atoms with Crippen LogP contribution in [0.25, 0.3) is 27.7 Å². The number of anilines is 1. The molecule has 0 aliphatic rings. The van der Waals surface area contributed by atoms with Gasteiger partial charge in [0.15, 0.2) is 0 Å². The maximum Gasteiger partial charge on any atom is 0.416 e. The van der Waals surface area contributed by atoms with Crippen LogP contribution in [-0.2, 0) is 6.18 Å². The highest BCUT2D eigenvalue weighted by atomic mass is 32.2. The van der Waals surface area contributed by atoms with Crippen LogP contribution in [0.15, 0.2) is 95.3 Å². The van der Waals surface area contributed by atoms with E-state index in [1.165, 1.54) is 35.4 Å². The number of hydrogen-bond donors (Lipinski definition) is 2. The Balaban J connectivity index is 1.44. The molecule has 2 N–H and O–H groups in total. The molecule has 9 heteroatoms. The highest BCUT2D eigenvalue weighted by Gasteiger charge is 2.30. The van der Waals surface area contributed by atoms with Gasteiger partial charge in [-0.2, -0.15) is 13.2 Å². The molecule has 2 aromatic heterocycles. The van der Waals surface area contributed by atoms with Crippen LogP contribution >= 0.6 is 23.3 Å². The number of benzene rings is 3. The van der Waals surface area contributed by atoms with Gasteiger partial charge in [-0.3, -0.25) is 0 Å². The Morgan fingerprint density at radius 3 is 2.49 bits per heavy atom. The molecule has 0 fully saturated rings. The van der Waals surface area contributed by atoms with Crippen LogP contribution in [0.4, 0.5) is 18.9 Å². The lowest BCUT2D eigenvalue weighted by atomic mass is 10.0. The molecule has 2 heterocycles. The fourth-order valence-electron chi connectivity index (χ4n) is 3.85. The monoisotopic (exact) mass is 510 g/mol. The summed E-state index contributed by atoms with van der Waals surface area (Å²) in [5, 5.41) is 12.0. The summed E-state index contributed by atoms with van der Waals surface area (Å²) >= 11 is 2.41. The molecule has 0 bridgehead atoms. The summed E-state index contributed by atoms with van der Waals surface area (Å²) in [5.41, 5.74) is 3.48. The minimum Gasteiger partial charge on any atom is -0.477 e. The number of alkyl halides is 3. The Kier molecular flexibility index (Phi) is 6.04. The van der Waals surface area contributed by atoms with Crippen molar-refractivity contribution in [3.8, 4) is 16.8 Å². The van der Waals surface area contributed by atoms with Crippen molar-refractivity contribution in [2.24, 2.45) is 0 Å². The van der Waals surface area contributed by atoms with Crippen molar-refractivity contribution < 1.29 is 23.1 Å². The van der Waals surface area contributed by atoms with Crippen molar-refractivity contribution in [3.05, 3.63) is 101 Å². The quantitative estimate of drug-likeness (QED) is 0.226. The molecule has 0 aliphatic heterocycles. The first-order chi connectivity index (χ1) is 16.8. The summed E-state index contributed by atoms with van der Waals surface area (Å²) in [5.74, 6) is -0.958. The molecule has 4 nitrogen and oxygen atoms in total. The van der Waals surface area contributed by atoms with E-state index in [-0.39, 0.29) is 4.88 Å². The number of carboxylic acids is 1. The van der Waals surface area contributed by atoms with E-state index in [9.17, 15) is 23.1 Å². The molecule has 0 saturated heterocycles. The van der Waals surface area contributed by atoms with Gasteiger partial charge in [-0.05, 0) is 77.0 Å². The summed E-state index contributed by atoms with van der Waals surface area (Å²) in [6.07, 6.45) is -2.45. The van der Waals surface area contributed by atoms with Gasteiger partial charge in [0.1, 0.15) is 4.88 Å². The normalized spacial score (nSPS) is 11.6. The summed E-state index contributed by atoms with van der Waals surface area (Å²) in [6.45, 7) is 0. The van der Waals surface area contributed by atoms with E-state index in [0.29, 0.717) is 10.5 Å². The first-order valence-corrected chi connectivity index (χ1v) is 12.1. The number of carbonyl (C=O) groups is 1. The molecule has 0 atom stereocenters. The van der Waals surface area contributed by atoms with E-state index >= 15 is 0 Å². The maximum absolute atomic E-state index is 13.0. The molecule has 0 saturated carbocycles. The third-order valence-electron chi connectivity index (χ3n) is 5.48. The van der Waals surface area contributed by atoms with Crippen LogP contribution in [-0.4, -0.2) is 15.6 Å². The number of nitrogens with one attached hydrogen (secondary N) is 1. The van der Waals surface area contributed by atoms with Gasteiger partial charge in [-0.15, -0.1) is 11.3 Å². The molecule has 0 amide bonds. The Bertz CT molecular complexity index is 1520. The highest BCUT2D eigenvalue weighted by Crippen LogP contribution is 2.35. The van der Waals surface area contributed by atoms with E-state index in [2.05, 4.69) is 4.72 Å². The molecule has 0 radical (unpaired) electrons. The molecular weight excluding hydrogens is 493 g/mol. The number of aromatic carboxylic acids is 1. The second-order valence-electron chi connectivity index (χ2n) is 7.67. The lowest BCUT2D eigenvalue weighted by Crippen LogP contribution is -2.03. The Morgan fingerprint density at radius 1 is 0.971 bits per heavy atom. The minimum atomic E-state index is -4.37. The highest BCUT2D eigenvalue weighted by molar-refractivity contribution is 8.00. The van der Waals surface area contributed by atoms with Gasteiger partial charge in [0, 0.05) is 23.0 Å². The summed E-state index contributed by atoms with van der Waals surface area (Å²) in [4.78, 5) is 12.3. The molecule has 0 unspecified atom stereocenters. The first-order valence-electron chi connectivity index (χ1n) is 10.4. The number of rotatable bonds is 6. The summed E-state index contributed by atoms with van der Waals surface area (Å²) < 4.78 is 44.1. The molecule has 3 aromatic carbocycles. The van der Waals surface area contributed by atoms with Gasteiger partial charge < -0.3 is 14.4 Å². The van der Waals surface area contributed by atoms with E-state index in [0.717, 1.165) is 40.0 Å². The summed E-state index contributed by atoms with van der Waals surface area (Å²) in [7, 11) is 0. The molecule has 176 valence electrons.